The largest absolute Gasteiger partial charge is 0.368 e. The van der Waals surface area contributed by atoms with Crippen LogP contribution in [0.2, 0.25) is 5.02 Å². The van der Waals surface area contributed by atoms with Gasteiger partial charge in [0.2, 0.25) is 5.95 Å². The molecule has 3 N–H and O–H groups in total. The quantitative estimate of drug-likeness (QED) is 0.634. The highest BCUT2D eigenvalue weighted by atomic mass is 35.5. The van der Waals surface area contributed by atoms with Crippen LogP contribution >= 0.6 is 11.6 Å². The number of aromatic nitrogens is 2. The molecule has 0 aliphatic rings. The molecular formula is C18H11ClF2N4O2S. The lowest BCUT2D eigenvalue weighted by atomic mass is 10.1. The second kappa shape index (κ2) is 7.80. The summed E-state index contributed by atoms with van der Waals surface area (Å²) < 4.78 is 55.6. The summed E-state index contributed by atoms with van der Waals surface area (Å²) in [5.41, 5.74) is 4.56. The Morgan fingerprint density at radius 1 is 1.07 bits per heavy atom. The van der Waals surface area contributed by atoms with Gasteiger partial charge >= 0.3 is 0 Å². The van der Waals surface area contributed by atoms with E-state index >= 15 is 0 Å². The summed E-state index contributed by atoms with van der Waals surface area (Å²) in [6.07, 6.45) is 2.58. The zero-order valence-corrected chi connectivity index (χ0v) is 15.5. The molecule has 0 radical (unpaired) electrons. The molecule has 142 valence electrons. The van der Waals surface area contributed by atoms with Crippen LogP contribution in [-0.2, 0) is 10.0 Å². The highest BCUT2D eigenvalue weighted by molar-refractivity contribution is 7.92. The van der Waals surface area contributed by atoms with Crippen LogP contribution in [0.1, 0.15) is 11.1 Å². The summed E-state index contributed by atoms with van der Waals surface area (Å²) >= 11 is 5.79. The van der Waals surface area contributed by atoms with E-state index in [0.717, 1.165) is 12.1 Å². The molecule has 0 saturated carbocycles. The van der Waals surface area contributed by atoms with Crippen LogP contribution in [0.3, 0.4) is 0 Å². The van der Waals surface area contributed by atoms with E-state index in [0.29, 0.717) is 0 Å². The maximum atomic E-state index is 14.7. The molecule has 0 bridgehead atoms. The van der Waals surface area contributed by atoms with Crippen molar-refractivity contribution in [1.82, 2.24) is 9.97 Å². The van der Waals surface area contributed by atoms with E-state index in [2.05, 4.69) is 26.5 Å². The van der Waals surface area contributed by atoms with Crippen molar-refractivity contribution in [2.75, 3.05) is 10.5 Å². The third kappa shape index (κ3) is 4.36. The van der Waals surface area contributed by atoms with Crippen molar-refractivity contribution in [2.45, 2.75) is 4.90 Å². The molecule has 3 aromatic rings. The molecule has 0 aliphatic carbocycles. The molecule has 0 atom stereocenters. The van der Waals surface area contributed by atoms with Crippen LogP contribution in [0.15, 0.2) is 53.7 Å². The Hall–Kier alpha value is -3.22. The van der Waals surface area contributed by atoms with Crippen molar-refractivity contribution in [1.29, 1.82) is 0 Å². The third-order valence-corrected chi connectivity index (χ3v) is 5.04. The molecule has 0 aliphatic heterocycles. The zero-order chi connectivity index (χ0) is 20.3. The number of nitrogens with two attached hydrogens (primary N) is 1. The second-order valence-corrected chi connectivity index (χ2v) is 7.55. The van der Waals surface area contributed by atoms with Gasteiger partial charge in [0.15, 0.2) is 5.82 Å². The van der Waals surface area contributed by atoms with Gasteiger partial charge < -0.3 is 5.73 Å². The number of benzene rings is 2. The minimum Gasteiger partial charge on any atom is -0.368 e. The molecule has 0 unspecified atom stereocenters. The Bertz CT molecular complexity index is 1210. The van der Waals surface area contributed by atoms with Gasteiger partial charge in [-0.2, -0.15) is 0 Å². The molecule has 10 heteroatoms. The first-order valence-electron chi connectivity index (χ1n) is 7.62. The molecule has 6 nitrogen and oxygen atoms in total. The number of anilines is 2. The van der Waals surface area contributed by atoms with Gasteiger partial charge in [-0.1, -0.05) is 29.5 Å². The predicted molar refractivity (Wildman–Crippen MR) is 101 cm³/mol. The normalized spacial score (nSPS) is 10.8. The van der Waals surface area contributed by atoms with Crippen molar-refractivity contribution >= 4 is 33.3 Å². The summed E-state index contributed by atoms with van der Waals surface area (Å²) in [6, 6.07) is 7.29. The van der Waals surface area contributed by atoms with Gasteiger partial charge in [-0.25, -0.2) is 27.2 Å². The first-order valence-corrected chi connectivity index (χ1v) is 9.48. The highest BCUT2D eigenvalue weighted by Gasteiger charge is 2.19. The maximum Gasteiger partial charge on any atom is 0.262 e. The van der Waals surface area contributed by atoms with E-state index in [9.17, 15) is 17.2 Å². The van der Waals surface area contributed by atoms with Crippen molar-refractivity contribution in [3.05, 3.63) is 76.6 Å². The van der Waals surface area contributed by atoms with Gasteiger partial charge in [0, 0.05) is 17.4 Å². The average Bonchev–Trinajstić information content (AvgIpc) is 2.65. The van der Waals surface area contributed by atoms with E-state index in [1.807, 2.05) is 0 Å². The Morgan fingerprint density at radius 2 is 1.79 bits per heavy atom. The van der Waals surface area contributed by atoms with E-state index in [-0.39, 0.29) is 21.4 Å². The molecule has 0 spiro atoms. The number of rotatable bonds is 3. The summed E-state index contributed by atoms with van der Waals surface area (Å²) in [6.45, 7) is 0. The molecule has 1 aromatic heterocycles. The van der Waals surface area contributed by atoms with Crippen LogP contribution in [0.5, 0.6) is 0 Å². The fraction of sp³-hybridized carbons (Fsp3) is 0. The fourth-order valence-electron chi connectivity index (χ4n) is 2.12. The lowest BCUT2D eigenvalue weighted by Crippen LogP contribution is -2.14. The van der Waals surface area contributed by atoms with Gasteiger partial charge in [0.25, 0.3) is 10.0 Å². The minimum atomic E-state index is -4.14. The standard InChI is InChI=1S/C18H11ClF2N4O2S/c19-12-2-1-3-13(8-12)28(26,27)25-16-7-6-15(20)14(17(16)21)5-4-11-9-23-18(22)24-10-11/h1-3,6-10,25H,(H2,22,23,24). The molecule has 2 aromatic carbocycles. The van der Waals surface area contributed by atoms with Crippen LogP contribution in [-0.4, -0.2) is 18.4 Å². The van der Waals surface area contributed by atoms with Crippen molar-refractivity contribution in [3.63, 3.8) is 0 Å². The summed E-state index contributed by atoms with van der Waals surface area (Å²) in [5, 5.41) is 0.194. The van der Waals surface area contributed by atoms with Crippen LogP contribution in [0.25, 0.3) is 0 Å². The fourth-order valence-corrected chi connectivity index (χ4v) is 3.48. The number of hydrogen-bond donors (Lipinski definition) is 2. The average molecular weight is 421 g/mol. The smallest absolute Gasteiger partial charge is 0.262 e. The second-order valence-electron chi connectivity index (χ2n) is 5.43. The topological polar surface area (TPSA) is 98.0 Å². The number of nitrogen functional groups attached to an aromatic ring is 1. The maximum absolute atomic E-state index is 14.7. The lowest BCUT2D eigenvalue weighted by Gasteiger charge is -2.10. The van der Waals surface area contributed by atoms with E-state index in [1.165, 1.54) is 36.7 Å². The minimum absolute atomic E-state index is 0.0281. The lowest BCUT2D eigenvalue weighted by molar-refractivity contribution is 0.578. The van der Waals surface area contributed by atoms with Crippen LogP contribution < -0.4 is 10.5 Å². The van der Waals surface area contributed by atoms with Crippen molar-refractivity contribution in [2.24, 2.45) is 0 Å². The Balaban J connectivity index is 1.96. The molecule has 0 fully saturated rings. The first-order chi connectivity index (χ1) is 13.3. The number of halogens is 3. The zero-order valence-electron chi connectivity index (χ0n) is 13.9. The number of hydrogen-bond acceptors (Lipinski definition) is 5. The number of nitrogens with zero attached hydrogens (tertiary/aromatic N) is 2. The van der Waals surface area contributed by atoms with Crippen LogP contribution in [0, 0.1) is 23.5 Å². The molecule has 28 heavy (non-hydrogen) atoms. The van der Waals surface area contributed by atoms with Gasteiger partial charge in [-0.3, -0.25) is 4.72 Å². The van der Waals surface area contributed by atoms with Gasteiger partial charge in [-0.05, 0) is 30.3 Å². The van der Waals surface area contributed by atoms with E-state index in [4.69, 9.17) is 17.3 Å². The summed E-state index contributed by atoms with van der Waals surface area (Å²) in [5.74, 6) is 2.73. The monoisotopic (exact) mass is 420 g/mol. The third-order valence-electron chi connectivity index (χ3n) is 3.45. The SMILES string of the molecule is Nc1ncc(C#Cc2c(F)ccc(NS(=O)(=O)c3cccc(Cl)c3)c2F)cn1. The Labute approximate surface area is 164 Å². The van der Waals surface area contributed by atoms with Crippen molar-refractivity contribution < 1.29 is 17.2 Å². The molecule has 0 saturated heterocycles. The Kier molecular flexibility index (Phi) is 5.44. The first kappa shape index (κ1) is 19.5. The highest BCUT2D eigenvalue weighted by Crippen LogP contribution is 2.24. The van der Waals surface area contributed by atoms with Gasteiger partial charge in [0.05, 0.1) is 21.7 Å². The van der Waals surface area contributed by atoms with Gasteiger partial charge in [-0.15, -0.1) is 0 Å². The van der Waals surface area contributed by atoms with E-state index in [1.54, 1.807) is 0 Å². The van der Waals surface area contributed by atoms with Crippen molar-refractivity contribution in [3.8, 4) is 11.8 Å². The van der Waals surface area contributed by atoms with Crippen LogP contribution in [0.4, 0.5) is 20.4 Å². The number of sulfonamides is 1. The molecule has 1 heterocycles. The molecule has 3 rings (SSSR count). The molecule has 0 amide bonds. The summed E-state index contributed by atoms with van der Waals surface area (Å²) in [4.78, 5) is 7.26. The van der Waals surface area contributed by atoms with E-state index < -0.39 is 32.9 Å². The van der Waals surface area contributed by atoms with Gasteiger partial charge in [0.1, 0.15) is 5.82 Å². The summed E-state index contributed by atoms with van der Waals surface area (Å²) in [7, 11) is -4.14. The Morgan fingerprint density at radius 3 is 2.46 bits per heavy atom. The number of nitrogens with one attached hydrogen (secondary N) is 1. The molecular weight excluding hydrogens is 410 g/mol. The predicted octanol–water partition coefficient (Wildman–Crippen LogP) is 3.19.